The molecule has 0 aromatic heterocycles. The lowest BCUT2D eigenvalue weighted by Gasteiger charge is -2.34. The predicted octanol–water partition coefficient (Wildman–Crippen LogP) is 0.319. The highest BCUT2D eigenvalue weighted by molar-refractivity contribution is 6.80. The molecule has 0 saturated carbocycles. The highest BCUT2D eigenvalue weighted by Crippen LogP contribution is 2.15. The Labute approximate surface area is 85.9 Å². The van der Waals surface area contributed by atoms with Crippen LogP contribution >= 0.6 is 0 Å². The minimum Gasteiger partial charge on any atom is -0.420 e. The maximum Gasteiger partial charge on any atom is 0.313 e. The Morgan fingerprint density at radius 3 is 1.54 bits per heavy atom. The molecule has 78 valence electrons. The summed E-state index contributed by atoms with van der Waals surface area (Å²) in [6.45, 7) is 10.2. The van der Waals surface area contributed by atoms with Crippen LogP contribution in [0.15, 0.2) is 0 Å². The van der Waals surface area contributed by atoms with Crippen molar-refractivity contribution in [3.05, 3.63) is 0 Å². The summed E-state index contributed by atoms with van der Waals surface area (Å²) in [6.07, 6.45) is 0. The van der Waals surface area contributed by atoms with Crippen LogP contribution in [0.3, 0.4) is 0 Å². The van der Waals surface area contributed by atoms with Gasteiger partial charge in [-0.2, -0.15) is 0 Å². The molecule has 1 aliphatic heterocycles. The molecule has 1 heterocycles. The minimum atomic E-state index is -1.93. The van der Waals surface area contributed by atoms with Gasteiger partial charge in [-0.15, -0.1) is 0 Å². The summed E-state index contributed by atoms with van der Waals surface area (Å²) in [5, 5.41) is 0. The fraction of sp³-hybridized carbons (Fsp3) is 1.00. The standard InChI is InChI=1S/C5H18O4Si4/c1-10-6-11(2)8-13(4,5)9-12(3)7-10/h10-12H,1-5H3. The molecule has 0 amide bonds. The summed E-state index contributed by atoms with van der Waals surface area (Å²) in [7, 11) is -6.35. The maximum atomic E-state index is 5.84. The molecule has 2 unspecified atom stereocenters. The van der Waals surface area contributed by atoms with Crippen molar-refractivity contribution in [1.29, 1.82) is 0 Å². The Morgan fingerprint density at radius 1 is 0.769 bits per heavy atom. The van der Waals surface area contributed by atoms with Crippen molar-refractivity contribution in [2.24, 2.45) is 0 Å². The summed E-state index contributed by atoms with van der Waals surface area (Å²) in [5.74, 6) is 0. The third-order valence-electron chi connectivity index (χ3n) is 1.67. The van der Waals surface area contributed by atoms with E-state index < -0.39 is 36.4 Å². The normalized spacial score (nSPS) is 40.8. The lowest BCUT2D eigenvalue weighted by molar-refractivity contribution is 0.279. The minimum absolute atomic E-state index is 1.45. The van der Waals surface area contributed by atoms with Crippen LogP contribution in [-0.2, 0) is 16.5 Å². The molecule has 13 heavy (non-hydrogen) atoms. The van der Waals surface area contributed by atoms with E-state index in [1.807, 2.05) is 19.6 Å². The molecule has 0 N–H and O–H groups in total. The van der Waals surface area contributed by atoms with Gasteiger partial charge in [-0.25, -0.2) is 0 Å². The molecular weight excluding hydrogens is 236 g/mol. The molecule has 0 radical (unpaired) electrons. The summed E-state index contributed by atoms with van der Waals surface area (Å²) < 4.78 is 23.1. The van der Waals surface area contributed by atoms with Crippen molar-refractivity contribution in [3.63, 3.8) is 0 Å². The Morgan fingerprint density at radius 2 is 1.15 bits per heavy atom. The Kier molecular flexibility index (Phi) is 4.06. The molecule has 1 aliphatic rings. The topological polar surface area (TPSA) is 36.9 Å². The molecule has 2 atom stereocenters. The molecule has 8 heteroatoms. The highest BCUT2D eigenvalue weighted by atomic mass is 28.5. The lowest BCUT2D eigenvalue weighted by atomic mass is 11.9. The van der Waals surface area contributed by atoms with Gasteiger partial charge in [-0.3, -0.25) is 0 Å². The van der Waals surface area contributed by atoms with Gasteiger partial charge in [-0.1, -0.05) is 0 Å². The number of rotatable bonds is 0. The zero-order chi connectivity index (χ0) is 10.1. The van der Waals surface area contributed by atoms with Crippen molar-refractivity contribution in [3.8, 4) is 0 Å². The molecule has 1 fully saturated rings. The van der Waals surface area contributed by atoms with E-state index in [0.29, 0.717) is 0 Å². The van der Waals surface area contributed by atoms with Gasteiger partial charge in [0.15, 0.2) is 0 Å². The van der Waals surface area contributed by atoms with Crippen LogP contribution in [-0.4, -0.2) is 36.4 Å². The first-order valence-corrected chi connectivity index (χ1v) is 13.7. The van der Waals surface area contributed by atoms with Crippen molar-refractivity contribution in [1.82, 2.24) is 0 Å². The molecule has 0 aliphatic carbocycles. The average molecular weight is 255 g/mol. The third-order valence-corrected chi connectivity index (χ3v) is 15.0. The van der Waals surface area contributed by atoms with Crippen LogP contribution < -0.4 is 0 Å². The third kappa shape index (κ3) is 4.16. The SMILES string of the molecule is C[SiH]1O[SiH](C)O[Si](C)(C)O[SiH](C)O1. The molecular formula is C5H18O4Si4. The van der Waals surface area contributed by atoms with Crippen LogP contribution in [0.1, 0.15) is 0 Å². The van der Waals surface area contributed by atoms with Crippen LogP contribution in [0.5, 0.6) is 0 Å². The second kappa shape index (κ2) is 4.48. The maximum absolute atomic E-state index is 5.84. The fourth-order valence-electron chi connectivity index (χ4n) is 1.45. The zero-order valence-electron chi connectivity index (χ0n) is 8.87. The molecule has 4 nitrogen and oxygen atoms in total. The molecule has 0 bridgehead atoms. The van der Waals surface area contributed by atoms with Crippen LogP contribution in [0.25, 0.3) is 0 Å². The summed E-state index contributed by atoms with van der Waals surface area (Å²) >= 11 is 0. The monoisotopic (exact) mass is 254 g/mol. The quantitative estimate of drug-likeness (QED) is 0.584. The zero-order valence-corrected chi connectivity index (χ0v) is 13.3. The second-order valence-electron chi connectivity index (χ2n) is 3.61. The molecule has 1 rings (SSSR count). The molecule has 0 spiro atoms. The van der Waals surface area contributed by atoms with E-state index in [1.165, 1.54) is 0 Å². The van der Waals surface area contributed by atoms with E-state index in [9.17, 15) is 0 Å². The van der Waals surface area contributed by atoms with Gasteiger partial charge in [-0.05, 0) is 32.7 Å². The summed E-state index contributed by atoms with van der Waals surface area (Å²) in [4.78, 5) is 0. The number of hydrogen-bond acceptors (Lipinski definition) is 4. The Bertz CT molecular complexity index is 162. The van der Waals surface area contributed by atoms with E-state index in [2.05, 4.69) is 13.1 Å². The van der Waals surface area contributed by atoms with E-state index in [4.69, 9.17) is 16.5 Å². The number of hydrogen-bond donors (Lipinski definition) is 0. The van der Waals surface area contributed by atoms with Gasteiger partial charge in [0, 0.05) is 0 Å². The van der Waals surface area contributed by atoms with E-state index in [1.54, 1.807) is 0 Å². The van der Waals surface area contributed by atoms with Crippen molar-refractivity contribution in [2.45, 2.75) is 32.7 Å². The first-order chi connectivity index (χ1) is 5.89. The van der Waals surface area contributed by atoms with Gasteiger partial charge >= 0.3 is 8.56 Å². The van der Waals surface area contributed by atoms with Crippen molar-refractivity contribution in [2.75, 3.05) is 0 Å². The van der Waals surface area contributed by atoms with Gasteiger partial charge in [0.2, 0.25) is 0 Å². The van der Waals surface area contributed by atoms with Crippen LogP contribution in [0, 0.1) is 0 Å². The van der Waals surface area contributed by atoms with Gasteiger partial charge in [0.1, 0.15) is 0 Å². The van der Waals surface area contributed by atoms with Crippen LogP contribution in [0.4, 0.5) is 0 Å². The second-order valence-corrected chi connectivity index (χ2v) is 13.9. The predicted molar refractivity (Wildman–Crippen MR) is 60.9 cm³/mol. The molecule has 0 aromatic carbocycles. The van der Waals surface area contributed by atoms with Crippen molar-refractivity contribution >= 4 is 36.4 Å². The summed E-state index contributed by atoms with van der Waals surface area (Å²) in [6, 6.07) is 0. The lowest BCUT2D eigenvalue weighted by Crippen LogP contribution is -2.51. The van der Waals surface area contributed by atoms with Crippen molar-refractivity contribution < 1.29 is 16.5 Å². The Balaban J connectivity index is 2.59. The van der Waals surface area contributed by atoms with Gasteiger partial charge in [0.05, 0.1) is 0 Å². The van der Waals surface area contributed by atoms with E-state index >= 15 is 0 Å². The largest absolute Gasteiger partial charge is 0.420 e. The molecule has 0 aromatic rings. The first-order valence-electron chi connectivity index (χ1n) is 4.55. The van der Waals surface area contributed by atoms with E-state index in [-0.39, 0.29) is 0 Å². The Hall–Kier alpha value is 0.708. The fourth-order valence-corrected chi connectivity index (χ4v) is 15.2. The van der Waals surface area contributed by atoms with Gasteiger partial charge < -0.3 is 16.5 Å². The van der Waals surface area contributed by atoms with Gasteiger partial charge in [0.25, 0.3) is 27.9 Å². The first kappa shape index (κ1) is 11.8. The average Bonchev–Trinajstić information content (AvgIpc) is 1.78. The summed E-state index contributed by atoms with van der Waals surface area (Å²) in [5.41, 5.74) is 0. The molecule has 1 saturated heterocycles. The van der Waals surface area contributed by atoms with Crippen LogP contribution in [0.2, 0.25) is 32.7 Å². The highest BCUT2D eigenvalue weighted by Gasteiger charge is 2.34. The smallest absolute Gasteiger partial charge is 0.313 e. The van der Waals surface area contributed by atoms with E-state index in [0.717, 1.165) is 0 Å².